The third-order valence-electron chi connectivity index (χ3n) is 4.51. The predicted molar refractivity (Wildman–Crippen MR) is 102 cm³/mol. The Labute approximate surface area is 158 Å². The van der Waals surface area contributed by atoms with Gasteiger partial charge in [0.05, 0.1) is 19.3 Å². The fourth-order valence-electron chi connectivity index (χ4n) is 2.98. The first kappa shape index (κ1) is 18.8. The fraction of sp³-hybridized carbons (Fsp3) is 0.350. The van der Waals surface area contributed by atoms with Crippen LogP contribution >= 0.6 is 0 Å². The molecule has 1 aromatic carbocycles. The molecule has 3 rings (SSSR count). The Bertz CT molecular complexity index is 782. The Morgan fingerprint density at radius 2 is 2.11 bits per heavy atom. The van der Waals surface area contributed by atoms with Gasteiger partial charge < -0.3 is 20.3 Å². The maximum absolute atomic E-state index is 12.7. The van der Waals surface area contributed by atoms with Crippen LogP contribution in [0.4, 0.5) is 10.5 Å². The largest absolute Gasteiger partial charge is 0.377 e. The molecule has 1 fully saturated rings. The van der Waals surface area contributed by atoms with Crippen molar-refractivity contribution in [2.24, 2.45) is 0 Å². The van der Waals surface area contributed by atoms with Crippen molar-refractivity contribution in [1.82, 2.24) is 15.2 Å². The van der Waals surface area contributed by atoms with E-state index in [1.165, 1.54) is 0 Å². The molecular formula is C20H24N4O3. The molecule has 2 N–H and O–H groups in total. The van der Waals surface area contributed by atoms with E-state index in [0.717, 1.165) is 16.8 Å². The molecule has 1 aliphatic heterocycles. The van der Waals surface area contributed by atoms with E-state index in [1.807, 2.05) is 43.3 Å². The van der Waals surface area contributed by atoms with E-state index in [1.54, 1.807) is 17.3 Å². The summed E-state index contributed by atoms with van der Waals surface area (Å²) in [6, 6.07) is 10.8. The molecule has 1 unspecified atom stereocenters. The molecule has 0 saturated carbocycles. The Morgan fingerprint density at radius 3 is 2.89 bits per heavy atom. The lowest BCUT2D eigenvalue weighted by molar-refractivity contribution is -0.123. The van der Waals surface area contributed by atoms with Gasteiger partial charge in [-0.1, -0.05) is 24.3 Å². The van der Waals surface area contributed by atoms with Crippen LogP contribution in [-0.2, 0) is 16.1 Å². The highest BCUT2D eigenvalue weighted by Crippen LogP contribution is 2.17. The number of carbonyl (C=O) groups excluding carboxylic acids is 2. The first-order valence-corrected chi connectivity index (χ1v) is 9.00. The second-order valence-corrected chi connectivity index (χ2v) is 6.51. The minimum atomic E-state index is -0.295. The number of para-hydroxylation sites is 1. The van der Waals surface area contributed by atoms with Gasteiger partial charge in [-0.05, 0) is 30.2 Å². The van der Waals surface area contributed by atoms with Crippen molar-refractivity contribution in [3.05, 3.63) is 59.9 Å². The Morgan fingerprint density at radius 1 is 1.26 bits per heavy atom. The van der Waals surface area contributed by atoms with Gasteiger partial charge in [0.15, 0.2) is 0 Å². The molecule has 0 spiro atoms. The molecule has 1 atom stereocenters. The standard InChI is InChI=1S/C20H24N4O3/c1-15-5-2-3-7-18(15)23-20(26)24-9-10-27-14-17(24)11-19(25)22-13-16-6-4-8-21-12-16/h2-8,12,17H,9-11,13-14H2,1H3,(H,22,25)(H,23,26). The van der Waals surface area contributed by atoms with Crippen LogP contribution in [0.1, 0.15) is 17.5 Å². The summed E-state index contributed by atoms with van der Waals surface area (Å²) in [5.41, 5.74) is 2.69. The van der Waals surface area contributed by atoms with Crippen molar-refractivity contribution in [2.75, 3.05) is 25.1 Å². The van der Waals surface area contributed by atoms with Gasteiger partial charge in [0.1, 0.15) is 0 Å². The third-order valence-corrected chi connectivity index (χ3v) is 4.51. The van der Waals surface area contributed by atoms with E-state index in [0.29, 0.717) is 26.3 Å². The van der Waals surface area contributed by atoms with E-state index in [9.17, 15) is 9.59 Å². The molecule has 2 aromatic rings. The van der Waals surface area contributed by atoms with Gasteiger partial charge in [-0.3, -0.25) is 9.78 Å². The molecule has 27 heavy (non-hydrogen) atoms. The Balaban J connectivity index is 1.57. The van der Waals surface area contributed by atoms with Crippen molar-refractivity contribution >= 4 is 17.6 Å². The molecule has 0 radical (unpaired) electrons. The minimum absolute atomic E-state index is 0.122. The summed E-state index contributed by atoms with van der Waals surface area (Å²) >= 11 is 0. The van der Waals surface area contributed by atoms with Gasteiger partial charge in [0.25, 0.3) is 0 Å². The van der Waals surface area contributed by atoms with Gasteiger partial charge >= 0.3 is 6.03 Å². The monoisotopic (exact) mass is 368 g/mol. The lowest BCUT2D eigenvalue weighted by Gasteiger charge is -2.35. The van der Waals surface area contributed by atoms with Crippen LogP contribution in [0.2, 0.25) is 0 Å². The van der Waals surface area contributed by atoms with Gasteiger partial charge in [0, 0.05) is 37.6 Å². The number of hydrogen-bond donors (Lipinski definition) is 2. The average molecular weight is 368 g/mol. The summed E-state index contributed by atoms with van der Waals surface area (Å²) in [4.78, 5) is 30.7. The number of carbonyl (C=O) groups is 2. The first-order valence-electron chi connectivity index (χ1n) is 9.00. The lowest BCUT2D eigenvalue weighted by atomic mass is 10.1. The van der Waals surface area contributed by atoms with Crippen molar-refractivity contribution in [3.8, 4) is 0 Å². The first-order chi connectivity index (χ1) is 13.1. The summed E-state index contributed by atoms with van der Waals surface area (Å²) in [7, 11) is 0. The summed E-state index contributed by atoms with van der Waals surface area (Å²) in [5, 5.41) is 5.80. The number of hydrogen-bond acceptors (Lipinski definition) is 4. The normalized spacial score (nSPS) is 16.6. The smallest absolute Gasteiger partial charge is 0.322 e. The SMILES string of the molecule is Cc1ccccc1NC(=O)N1CCOCC1CC(=O)NCc1cccnc1. The fourth-order valence-corrected chi connectivity index (χ4v) is 2.98. The van der Waals surface area contributed by atoms with Crippen LogP contribution in [0, 0.1) is 6.92 Å². The van der Waals surface area contributed by atoms with Crippen LogP contribution < -0.4 is 10.6 Å². The van der Waals surface area contributed by atoms with E-state index < -0.39 is 0 Å². The van der Waals surface area contributed by atoms with Crippen molar-refractivity contribution < 1.29 is 14.3 Å². The second kappa shape index (κ2) is 9.14. The summed E-state index contributed by atoms with van der Waals surface area (Å²) in [5.74, 6) is -0.122. The topological polar surface area (TPSA) is 83.6 Å². The molecule has 1 saturated heterocycles. The number of anilines is 1. The lowest BCUT2D eigenvalue weighted by Crippen LogP contribution is -2.52. The average Bonchev–Trinajstić information content (AvgIpc) is 2.69. The highest BCUT2D eigenvalue weighted by atomic mass is 16.5. The molecule has 142 valence electrons. The molecular weight excluding hydrogens is 344 g/mol. The van der Waals surface area contributed by atoms with Crippen LogP contribution in [0.3, 0.4) is 0 Å². The number of rotatable bonds is 5. The molecule has 1 aliphatic rings. The molecule has 3 amide bonds. The van der Waals surface area contributed by atoms with E-state index in [4.69, 9.17) is 4.74 Å². The van der Waals surface area contributed by atoms with Gasteiger partial charge in [-0.25, -0.2) is 4.79 Å². The summed E-state index contributed by atoms with van der Waals surface area (Å²) in [6.07, 6.45) is 3.60. The maximum atomic E-state index is 12.7. The zero-order valence-electron chi connectivity index (χ0n) is 15.4. The van der Waals surface area contributed by atoms with Crippen LogP contribution in [0.25, 0.3) is 0 Å². The number of amides is 3. The molecule has 7 nitrogen and oxygen atoms in total. The Kier molecular flexibility index (Phi) is 6.38. The predicted octanol–water partition coefficient (Wildman–Crippen LogP) is 2.33. The van der Waals surface area contributed by atoms with Crippen LogP contribution in [0.5, 0.6) is 0 Å². The summed E-state index contributed by atoms with van der Waals surface area (Å²) in [6.45, 7) is 3.63. The number of aromatic nitrogens is 1. The number of urea groups is 1. The molecule has 1 aromatic heterocycles. The highest BCUT2D eigenvalue weighted by Gasteiger charge is 2.29. The third kappa shape index (κ3) is 5.27. The van der Waals surface area contributed by atoms with Gasteiger partial charge in [0.2, 0.25) is 5.91 Å². The number of nitrogens with one attached hydrogen (secondary N) is 2. The quantitative estimate of drug-likeness (QED) is 0.848. The number of ether oxygens (including phenoxy) is 1. The van der Waals surface area contributed by atoms with E-state index >= 15 is 0 Å². The molecule has 2 heterocycles. The van der Waals surface area contributed by atoms with E-state index in [-0.39, 0.29) is 24.4 Å². The van der Waals surface area contributed by atoms with Crippen molar-refractivity contribution in [1.29, 1.82) is 0 Å². The summed E-state index contributed by atoms with van der Waals surface area (Å²) < 4.78 is 5.49. The molecule has 0 bridgehead atoms. The van der Waals surface area contributed by atoms with Crippen molar-refractivity contribution in [3.63, 3.8) is 0 Å². The van der Waals surface area contributed by atoms with Crippen LogP contribution in [-0.4, -0.2) is 47.6 Å². The van der Waals surface area contributed by atoms with Gasteiger partial charge in [-0.2, -0.15) is 0 Å². The van der Waals surface area contributed by atoms with E-state index in [2.05, 4.69) is 15.6 Å². The molecule has 7 heteroatoms. The zero-order chi connectivity index (χ0) is 19.1. The number of pyridine rings is 1. The van der Waals surface area contributed by atoms with Crippen molar-refractivity contribution in [2.45, 2.75) is 25.9 Å². The highest BCUT2D eigenvalue weighted by molar-refractivity contribution is 5.91. The minimum Gasteiger partial charge on any atom is -0.377 e. The zero-order valence-corrected chi connectivity index (χ0v) is 15.4. The Hall–Kier alpha value is -2.93. The number of benzene rings is 1. The number of aryl methyl sites for hydroxylation is 1. The maximum Gasteiger partial charge on any atom is 0.322 e. The number of morpholine rings is 1. The molecule has 0 aliphatic carbocycles. The second-order valence-electron chi connectivity index (χ2n) is 6.51. The number of nitrogens with zero attached hydrogens (tertiary/aromatic N) is 2. The van der Waals surface area contributed by atoms with Crippen LogP contribution in [0.15, 0.2) is 48.8 Å². The van der Waals surface area contributed by atoms with Gasteiger partial charge in [-0.15, -0.1) is 0 Å².